The van der Waals surface area contributed by atoms with Crippen LogP contribution in [0.5, 0.6) is 0 Å². The first kappa shape index (κ1) is 19.0. The van der Waals surface area contributed by atoms with Crippen molar-refractivity contribution in [2.45, 2.75) is 13.8 Å². The van der Waals surface area contributed by atoms with Gasteiger partial charge in [-0.15, -0.1) is 0 Å². The van der Waals surface area contributed by atoms with Crippen LogP contribution in [-0.2, 0) is 4.79 Å². The van der Waals surface area contributed by atoms with Gasteiger partial charge in [-0.2, -0.15) is 0 Å². The molecule has 2 heterocycles. The van der Waals surface area contributed by atoms with Crippen LogP contribution < -0.4 is 4.90 Å². The molecule has 0 saturated carbocycles. The maximum absolute atomic E-state index is 12.5. The van der Waals surface area contributed by atoms with Crippen LogP contribution in [0.1, 0.15) is 16.7 Å². The quantitative estimate of drug-likeness (QED) is 0.573. The lowest BCUT2D eigenvalue weighted by molar-refractivity contribution is -0.126. The minimum atomic E-state index is 0.0235. The van der Waals surface area contributed by atoms with Crippen molar-refractivity contribution in [2.75, 3.05) is 31.1 Å². The lowest BCUT2D eigenvalue weighted by Gasteiger charge is -2.34. The van der Waals surface area contributed by atoms with E-state index in [1.165, 1.54) is 15.8 Å². The van der Waals surface area contributed by atoms with Gasteiger partial charge in [0.15, 0.2) is 5.13 Å². The number of thiazole rings is 1. The Hall–Kier alpha value is -2.37. The molecule has 28 heavy (non-hydrogen) atoms. The van der Waals surface area contributed by atoms with Crippen LogP contribution in [0.2, 0.25) is 5.02 Å². The fourth-order valence-electron chi connectivity index (χ4n) is 3.50. The maximum Gasteiger partial charge on any atom is 0.246 e. The number of hydrogen-bond donors (Lipinski definition) is 0. The van der Waals surface area contributed by atoms with Gasteiger partial charge in [0.05, 0.1) is 10.2 Å². The van der Waals surface area contributed by atoms with Crippen LogP contribution in [-0.4, -0.2) is 42.0 Å². The van der Waals surface area contributed by atoms with Gasteiger partial charge in [0.25, 0.3) is 0 Å². The molecule has 144 valence electrons. The van der Waals surface area contributed by atoms with Crippen LogP contribution >= 0.6 is 22.9 Å². The Morgan fingerprint density at radius 2 is 1.89 bits per heavy atom. The fraction of sp³-hybridized carbons (Fsp3) is 0.273. The number of amides is 1. The Balaban J connectivity index is 1.41. The van der Waals surface area contributed by atoms with Crippen molar-refractivity contribution in [3.05, 3.63) is 64.2 Å². The van der Waals surface area contributed by atoms with Crippen LogP contribution in [0, 0.1) is 13.8 Å². The van der Waals surface area contributed by atoms with E-state index in [4.69, 9.17) is 16.6 Å². The Kier molecular flexibility index (Phi) is 5.38. The number of fused-ring (bicyclic) bond motifs is 1. The molecule has 0 N–H and O–H groups in total. The zero-order valence-electron chi connectivity index (χ0n) is 16.0. The van der Waals surface area contributed by atoms with Crippen LogP contribution in [0.4, 0.5) is 5.13 Å². The maximum atomic E-state index is 12.5. The normalized spacial score (nSPS) is 15.0. The van der Waals surface area contributed by atoms with Gasteiger partial charge in [-0.1, -0.05) is 47.2 Å². The predicted molar refractivity (Wildman–Crippen MR) is 118 cm³/mol. The second-order valence-electron chi connectivity index (χ2n) is 7.09. The van der Waals surface area contributed by atoms with Crippen LogP contribution in [0.15, 0.2) is 42.5 Å². The molecule has 1 aliphatic rings. The summed E-state index contributed by atoms with van der Waals surface area (Å²) in [6, 6.07) is 11.9. The van der Waals surface area contributed by atoms with E-state index >= 15 is 0 Å². The van der Waals surface area contributed by atoms with Gasteiger partial charge in [0, 0.05) is 37.3 Å². The Morgan fingerprint density at radius 1 is 1.14 bits per heavy atom. The monoisotopic (exact) mass is 411 g/mol. The summed E-state index contributed by atoms with van der Waals surface area (Å²) in [5, 5.41) is 1.69. The zero-order valence-corrected chi connectivity index (χ0v) is 17.6. The molecule has 1 amide bonds. The number of halogens is 1. The van der Waals surface area contributed by atoms with E-state index in [0.717, 1.165) is 29.3 Å². The van der Waals surface area contributed by atoms with Crippen molar-refractivity contribution < 1.29 is 4.79 Å². The molecule has 2 aromatic carbocycles. The summed E-state index contributed by atoms with van der Waals surface area (Å²) in [6.07, 6.45) is 3.40. The molecule has 6 heteroatoms. The van der Waals surface area contributed by atoms with Crippen molar-refractivity contribution >= 4 is 50.3 Å². The molecular formula is C22H22ClN3OS. The zero-order chi connectivity index (χ0) is 19.7. The van der Waals surface area contributed by atoms with E-state index in [1.807, 2.05) is 29.2 Å². The standard InChI is InChI=1S/C22H22ClN3OS/c1-15-13-16(2)21-19(14-15)24-22(28-21)26-11-9-25(10-12-26)20(27)8-7-17-5-3-4-6-18(17)23/h3-8,13-14H,9-12H2,1-2H3/b8-7+. The third kappa shape index (κ3) is 3.91. The lowest BCUT2D eigenvalue weighted by atomic mass is 10.1. The number of rotatable bonds is 3. The average molecular weight is 412 g/mol. The molecule has 3 aromatic rings. The second kappa shape index (κ2) is 7.94. The second-order valence-corrected chi connectivity index (χ2v) is 8.48. The minimum Gasteiger partial charge on any atom is -0.345 e. The van der Waals surface area contributed by atoms with Gasteiger partial charge in [-0.05, 0) is 48.7 Å². The highest BCUT2D eigenvalue weighted by Gasteiger charge is 2.22. The number of hydrogen-bond acceptors (Lipinski definition) is 4. The number of aromatic nitrogens is 1. The largest absolute Gasteiger partial charge is 0.345 e. The van der Waals surface area contributed by atoms with Crippen molar-refractivity contribution in [2.24, 2.45) is 0 Å². The van der Waals surface area contributed by atoms with Crippen LogP contribution in [0.25, 0.3) is 16.3 Å². The van der Waals surface area contributed by atoms with E-state index in [9.17, 15) is 4.79 Å². The first-order valence-electron chi connectivity index (χ1n) is 9.35. The molecule has 0 aliphatic carbocycles. The number of nitrogens with zero attached hydrogens (tertiary/aromatic N) is 3. The molecule has 0 bridgehead atoms. The predicted octanol–water partition coefficient (Wildman–Crippen LogP) is 4.93. The topological polar surface area (TPSA) is 36.4 Å². The van der Waals surface area contributed by atoms with Crippen molar-refractivity contribution in [3.63, 3.8) is 0 Å². The van der Waals surface area contributed by atoms with E-state index < -0.39 is 0 Å². The lowest BCUT2D eigenvalue weighted by Crippen LogP contribution is -2.48. The summed E-state index contributed by atoms with van der Waals surface area (Å²) >= 11 is 7.89. The van der Waals surface area contributed by atoms with Gasteiger partial charge >= 0.3 is 0 Å². The van der Waals surface area contributed by atoms with Crippen molar-refractivity contribution in [3.8, 4) is 0 Å². The summed E-state index contributed by atoms with van der Waals surface area (Å²) in [5.74, 6) is 0.0235. The van der Waals surface area contributed by atoms with Crippen molar-refractivity contribution in [1.29, 1.82) is 0 Å². The average Bonchev–Trinajstić information content (AvgIpc) is 3.11. The summed E-state index contributed by atoms with van der Waals surface area (Å²) in [6.45, 7) is 7.22. The van der Waals surface area contributed by atoms with E-state index in [0.29, 0.717) is 18.1 Å². The molecule has 0 radical (unpaired) electrons. The summed E-state index contributed by atoms with van der Waals surface area (Å²) < 4.78 is 1.25. The first-order valence-corrected chi connectivity index (χ1v) is 10.5. The first-order chi connectivity index (χ1) is 13.5. The highest BCUT2D eigenvalue weighted by molar-refractivity contribution is 7.22. The third-order valence-corrected chi connectivity index (χ3v) is 6.59. The third-order valence-electron chi connectivity index (χ3n) is 4.98. The highest BCUT2D eigenvalue weighted by Crippen LogP contribution is 2.32. The van der Waals surface area contributed by atoms with Crippen molar-refractivity contribution in [1.82, 2.24) is 9.88 Å². The number of benzene rings is 2. The van der Waals surface area contributed by atoms with Crippen LogP contribution in [0.3, 0.4) is 0 Å². The molecule has 4 nitrogen and oxygen atoms in total. The molecule has 4 rings (SSSR count). The Morgan fingerprint density at radius 3 is 2.64 bits per heavy atom. The van der Waals surface area contributed by atoms with Gasteiger partial charge in [0.2, 0.25) is 5.91 Å². The highest BCUT2D eigenvalue weighted by atomic mass is 35.5. The SMILES string of the molecule is Cc1cc(C)c2sc(N3CCN(C(=O)/C=C/c4ccccc4Cl)CC3)nc2c1. The van der Waals surface area contributed by atoms with Gasteiger partial charge in [-0.3, -0.25) is 4.79 Å². The van der Waals surface area contributed by atoms with Gasteiger partial charge < -0.3 is 9.80 Å². The smallest absolute Gasteiger partial charge is 0.246 e. The molecule has 1 aromatic heterocycles. The number of aryl methyl sites for hydroxylation is 2. The Labute approximate surface area is 174 Å². The number of carbonyl (C=O) groups is 1. The summed E-state index contributed by atoms with van der Waals surface area (Å²) in [4.78, 5) is 21.5. The number of carbonyl (C=O) groups excluding carboxylic acids is 1. The fourth-order valence-corrected chi connectivity index (χ4v) is 4.76. The van der Waals surface area contributed by atoms with Gasteiger partial charge in [0.1, 0.15) is 0 Å². The Bertz CT molecular complexity index is 1050. The summed E-state index contributed by atoms with van der Waals surface area (Å²) in [5.41, 5.74) is 4.44. The molecule has 1 fully saturated rings. The molecule has 1 aliphatic heterocycles. The number of piperazine rings is 1. The van der Waals surface area contributed by atoms with Gasteiger partial charge in [-0.25, -0.2) is 4.98 Å². The van der Waals surface area contributed by atoms with E-state index in [-0.39, 0.29) is 5.91 Å². The molecular weight excluding hydrogens is 390 g/mol. The number of anilines is 1. The van der Waals surface area contributed by atoms with E-state index in [1.54, 1.807) is 23.5 Å². The molecule has 1 saturated heterocycles. The molecule has 0 unspecified atom stereocenters. The molecule has 0 atom stereocenters. The van der Waals surface area contributed by atoms with E-state index in [2.05, 4.69) is 30.9 Å². The summed E-state index contributed by atoms with van der Waals surface area (Å²) in [7, 11) is 0. The molecule has 0 spiro atoms. The minimum absolute atomic E-state index is 0.0235.